The van der Waals surface area contributed by atoms with E-state index in [0.29, 0.717) is 73.1 Å². The van der Waals surface area contributed by atoms with Crippen molar-refractivity contribution in [3.8, 4) is 39.5 Å². The van der Waals surface area contributed by atoms with Crippen molar-refractivity contribution in [1.82, 2.24) is 20.1 Å². The van der Waals surface area contributed by atoms with Crippen LogP contribution >= 0.6 is 0 Å². The Kier molecular flexibility index (Phi) is 8.11. The van der Waals surface area contributed by atoms with E-state index in [1.54, 1.807) is 47.3 Å². The van der Waals surface area contributed by atoms with Crippen molar-refractivity contribution >= 4 is 17.5 Å². The summed E-state index contributed by atoms with van der Waals surface area (Å²) in [5.41, 5.74) is 2.05. The number of carboxylic acids is 1. The number of Topliss-reactive ketones (excluding diaryl/α,β-unsaturated/α-hetero) is 2. The van der Waals surface area contributed by atoms with Gasteiger partial charge in [-0.25, -0.2) is 9.78 Å². The topological polar surface area (TPSA) is 142 Å². The number of pyridine rings is 1. The third-order valence-electron chi connectivity index (χ3n) is 8.31. The molecule has 4 heterocycles. The molecule has 0 saturated carbocycles. The molecular weight excluding hydrogens is 576 g/mol. The first kappa shape index (κ1) is 30.0. The highest BCUT2D eigenvalue weighted by Gasteiger charge is 2.54. The van der Waals surface area contributed by atoms with Crippen molar-refractivity contribution < 1.29 is 33.7 Å². The first-order valence-corrected chi connectivity index (χ1v) is 15.0. The fourth-order valence-electron chi connectivity index (χ4n) is 6.26. The van der Waals surface area contributed by atoms with Gasteiger partial charge in [-0.05, 0) is 74.5 Å². The summed E-state index contributed by atoms with van der Waals surface area (Å²) < 4.78 is 20.4. The van der Waals surface area contributed by atoms with Gasteiger partial charge in [-0.3, -0.25) is 14.3 Å². The molecule has 0 radical (unpaired) electrons. The molecule has 4 aromatic rings. The minimum absolute atomic E-state index is 0.112. The number of aromatic nitrogens is 3. The monoisotopic (exact) mass is 610 g/mol. The number of ether oxygens (including phenoxy) is 3. The van der Waals surface area contributed by atoms with Crippen molar-refractivity contribution in [3.63, 3.8) is 0 Å². The van der Waals surface area contributed by atoms with Crippen LogP contribution in [-0.2, 0) is 7.05 Å². The van der Waals surface area contributed by atoms with Crippen LogP contribution in [-0.4, -0.2) is 69.3 Å². The van der Waals surface area contributed by atoms with E-state index in [9.17, 15) is 19.5 Å². The molecule has 2 N–H and O–H groups in total. The molecule has 1 spiro atoms. The van der Waals surface area contributed by atoms with Gasteiger partial charge in [0.05, 0.1) is 30.5 Å². The zero-order valence-electron chi connectivity index (χ0n) is 25.3. The van der Waals surface area contributed by atoms with E-state index in [1.165, 1.54) is 12.3 Å². The van der Waals surface area contributed by atoms with Crippen LogP contribution in [0.2, 0.25) is 0 Å². The molecule has 1 atom stereocenters. The molecule has 6 rings (SSSR count). The Hall–Kier alpha value is -5.03. The van der Waals surface area contributed by atoms with Crippen LogP contribution in [0, 0.1) is 5.92 Å². The zero-order chi connectivity index (χ0) is 31.7. The van der Waals surface area contributed by atoms with Crippen LogP contribution in [0.5, 0.6) is 17.2 Å². The summed E-state index contributed by atoms with van der Waals surface area (Å²) in [5, 5.41) is 17.0. The van der Waals surface area contributed by atoms with Gasteiger partial charge in [0.2, 0.25) is 0 Å². The van der Waals surface area contributed by atoms with Crippen LogP contribution in [0.1, 0.15) is 57.9 Å². The summed E-state index contributed by atoms with van der Waals surface area (Å²) in [6, 6.07) is 11.6. The quantitative estimate of drug-likeness (QED) is 0.200. The van der Waals surface area contributed by atoms with Crippen LogP contribution < -0.4 is 19.5 Å². The molecule has 11 nitrogen and oxygen atoms in total. The SMILES string of the molecule is CCOc1cc(C(=O)[C@@H]2C(=O)c3cc(-c4ccnc(C(=O)O)c4)ccc3OC23CCNCC3)cc(OCC)c1-c1cnn(C)c1. The van der Waals surface area contributed by atoms with Crippen molar-refractivity contribution in [2.75, 3.05) is 26.3 Å². The van der Waals surface area contributed by atoms with Crippen molar-refractivity contribution in [1.29, 1.82) is 0 Å². The molecule has 0 bridgehead atoms. The third kappa shape index (κ3) is 5.55. The Balaban J connectivity index is 1.46. The number of aryl methyl sites for hydroxylation is 1. The van der Waals surface area contributed by atoms with Crippen LogP contribution in [0.3, 0.4) is 0 Å². The Bertz CT molecular complexity index is 1760. The summed E-state index contributed by atoms with van der Waals surface area (Å²) in [7, 11) is 1.82. The summed E-state index contributed by atoms with van der Waals surface area (Å²) in [6.45, 7) is 5.61. The molecule has 45 heavy (non-hydrogen) atoms. The Labute approximate surface area is 260 Å². The molecule has 0 aliphatic carbocycles. The number of hydrogen-bond acceptors (Lipinski definition) is 9. The summed E-state index contributed by atoms with van der Waals surface area (Å²) in [5.74, 6) is -1.68. The first-order chi connectivity index (χ1) is 21.7. The predicted molar refractivity (Wildman–Crippen MR) is 165 cm³/mol. The molecule has 0 unspecified atom stereocenters. The average Bonchev–Trinajstić information content (AvgIpc) is 3.47. The lowest BCUT2D eigenvalue weighted by molar-refractivity contribution is -0.0138. The van der Waals surface area contributed by atoms with Gasteiger partial charge in [0.25, 0.3) is 0 Å². The number of ketones is 2. The summed E-state index contributed by atoms with van der Waals surface area (Å²) in [4.78, 5) is 44.5. The van der Waals surface area contributed by atoms with Crippen LogP contribution in [0.25, 0.3) is 22.3 Å². The normalized spacial score (nSPS) is 17.0. The van der Waals surface area contributed by atoms with Crippen molar-refractivity contribution in [2.24, 2.45) is 13.0 Å². The second-order valence-electron chi connectivity index (χ2n) is 11.1. The van der Waals surface area contributed by atoms with Crippen molar-refractivity contribution in [2.45, 2.75) is 32.3 Å². The lowest BCUT2D eigenvalue weighted by Gasteiger charge is -2.45. The van der Waals surface area contributed by atoms with Crippen LogP contribution in [0.15, 0.2) is 61.1 Å². The maximum Gasteiger partial charge on any atom is 0.354 e. The lowest BCUT2D eigenvalue weighted by atomic mass is 9.70. The second-order valence-corrected chi connectivity index (χ2v) is 11.1. The fraction of sp³-hybridized carbons (Fsp3) is 0.324. The van der Waals surface area contributed by atoms with Gasteiger partial charge in [0.1, 0.15) is 34.5 Å². The van der Waals surface area contributed by atoms with E-state index in [4.69, 9.17) is 14.2 Å². The molecule has 2 aromatic heterocycles. The Morgan fingerprint density at radius 1 is 1.02 bits per heavy atom. The number of nitrogens with zero attached hydrogens (tertiary/aromatic N) is 3. The number of aromatic carboxylic acids is 1. The molecule has 1 fully saturated rings. The van der Waals surface area contributed by atoms with Crippen LogP contribution in [0.4, 0.5) is 0 Å². The summed E-state index contributed by atoms with van der Waals surface area (Å²) >= 11 is 0. The Morgan fingerprint density at radius 3 is 2.33 bits per heavy atom. The number of carboxylic acid groups (broad SMARTS) is 1. The van der Waals surface area contributed by atoms with E-state index < -0.39 is 17.5 Å². The molecular formula is C34H34N4O7. The molecule has 2 aliphatic heterocycles. The molecule has 1 saturated heterocycles. The fourth-order valence-corrected chi connectivity index (χ4v) is 6.26. The smallest absolute Gasteiger partial charge is 0.354 e. The standard InChI is InChI=1S/C34H34N4O7/c1-4-43-27-16-22(17-28(44-5-2)29(27)23-18-37-38(3)19-23)31(39)30-32(40)24-14-20(21-8-11-36-25(15-21)33(41)42)6-7-26(24)45-34(30)9-12-35-13-10-34/h6-8,11,14-19,30,35H,4-5,9-10,12-13H2,1-3H3,(H,41,42)/t30-/m1/s1. The van der Waals surface area contributed by atoms with Gasteiger partial charge in [0, 0.05) is 43.4 Å². The number of carbonyl (C=O) groups excluding carboxylic acids is 2. The highest BCUT2D eigenvalue weighted by atomic mass is 16.5. The van der Waals surface area contributed by atoms with Gasteiger partial charge in [-0.1, -0.05) is 6.07 Å². The molecule has 2 aromatic carbocycles. The number of piperidine rings is 1. The number of nitrogens with one attached hydrogen (secondary N) is 1. The number of fused-ring (bicyclic) bond motifs is 1. The van der Waals surface area contributed by atoms with Gasteiger partial charge in [-0.15, -0.1) is 0 Å². The van der Waals surface area contributed by atoms with Gasteiger partial charge in [0.15, 0.2) is 11.6 Å². The Morgan fingerprint density at radius 2 is 1.71 bits per heavy atom. The van der Waals surface area contributed by atoms with Gasteiger partial charge in [-0.2, -0.15) is 5.10 Å². The number of benzene rings is 2. The highest BCUT2D eigenvalue weighted by molar-refractivity contribution is 6.19. The maximum atomic E-state index is 14.6. The molecule has 11 heteroatoms. The maximum absolute atomic E-state index is 14.6. The zero-order valence-corrected chi connectivity index (χ0v) is 25.3. The predicted octanol–water partition coefficient (Wildman–Crippen LogP) is 4.84. The van der Waals surface area contributed by atoms with E-state index >= 15 is 0 Å². The molecule has 232 valence electrons. The first-order valence-electron chi connectivity index (χ1n) is 15.0. The number of rotatable bonds is 9. The van der Waals surface area contributed by atoms with Crippen molar-refractivity contribution in [3.05, 3.63) is 77.9 Å². The van der Waals surface area contributed by atoms with E-state index in [2.05, 4.69) is 15.4 Å². The minimum Gasteiger partial charge on any atom is -0.493 e. The van der Waals surface area contributed by atoms with E-state index in [-0.39, 0.29) is 28.4 Å². The van der Waals surface area contributed by atoms with E-state index in [1.807, 2.05) is 27.1 Å². The van der Waals surface area contributed by atoms with E-state index in [0.717, 1.165) is 5.56 Å². The lowest BCUT2D eigenvalue weighted by Crippen LogP contribution is -2.58. The largest absolute Gasteiger partial charge is 0.493 e. The van der Waals surface area contributed by atoms with Gasteiger partial charge >= 0.3 is 5.97 Å². The third-order valence-corrected chi connectivity index (χ3v) is 8.31. The minimum atomic E-state index is -1.15. The molecule has 2 aliphatic rings. The second kappa shape index (κ2) is 12.2. The highest BCUT2D eigenvalue weighted by Crippen LogP contribution is 2.46. The number of carbonyl (C=O) groups is 3. The van der Waals surface area contributed by atoms with Gasteiger partial charge < -0.3 is 24.6 Å². The summed E-state index contributed by atoms with van der Waals surface area (Å²) in [6.07, 6.45) is 5.90. The number of hydrogen-bond donors (Lipinski definition) is 2. The average molecular weight is 611 g/mol. The molecule has 0 amide bonds.